The molecule has 0 fully saturated rings. The largest absolute Gasteiger partial charge is 0.143 e. The second kappa shape index (κ2) is 5.40. The fraction of sp³-hybridized carbons (Fsp3) is 0.143. The Labute approximate surface area is 146 Å². The summed E-state index contributed by atoms with van der Waals surface area (Å²) >= 11 is 6.65. The topological polar surface area (TPSA) is 0 Å². The van der Waals surface area contributed by atoms with E-state index in [1.807, 2.05) is 11.3 Å². The van der Waals surface area contributed by atoms with E-state index >= 15 is 0 Å². The third kappa shape index (κ3) is 2.46. The fourth-order valence-electron chi connectivity index (χ4n) is 3.25. The maximum atomic E-state index is 4.78. The maximum Gasteiger partial charge on any atom is 0.0362 e. The second-order valence-electron chi connectivity index (χ2n) is 6.29. The Morgan fingerprint density at radius 3 is 2.17 bits per heavy atom. The first-order valence-electron chi connectivity index (χ1n) is 7.76. The highest BCUT2D eigenvalue weighted by molar-refractivity contribution is 7.80. The summed E-state index contributed by atoms with van der Waals surface area (Å²) in [6.07, 6.45) is 0. The van der Waals surface area contributed by atoms with Gasteiger partial charge >= 0.3 is 0 Å². The van der Waals surface area contributed by atoms with Crippen LogP contribution in [-0.2, 0) is 0 Å². The minimum Gasteiger partial charge on any atom is -0.143 e. The Balaban J connectivity index is 2.01. The van der Waals surface area contributed by atoms with Crippen LogP contribution in [0.5, 0.6) is 0 Å². The van der Waals surface area contributed by atoms with Gasteiger partial charge in [0.1, 0.15) is 0 Å². The lowest BCUT2D eigenvalue weighted by Crippen LogP contribution is -1.86. The number of benzene rings is 3. The summed E-state index contributed by atoms with van der Waals surface area (Å²) in [7, 11) is 0. The van der Waals surface area contributed by atoms with Crippen molar-refractivity contribution in [2.45, 2.75) is 25.7 Å². The lowest BCUT2D eigenvalue weighted by molar-refractivity contribution is 1.36. The molecule has 0 spiro atoms. The van der Waals surface area contributed by atoms with Crippen molar-refractivity contribution < 1.29 is 0 Å². The Hall–Kier alpha value is -1.77. The standard InChI is InChI=1S/C21H18S2/c1-12-4-6-15(14(3)8-12)17-11-21-18(10-19(17)22)16-7-5-13(2)9-20(16)23-21/h4-11,22H,1-3H3. The van der Waals surface area contributed by atoms with Gasteiger partial charge in [-0.1, -0.05) is 35.9 Å². The predicted octanol–water partition coefficient (Wildman–Crippen LogP) is 6.94. The van der Waals surface area contributed by atoms with Crippen molar-refractivity contribution in [3.05, 3.63) is 65.2 Å². The van der Waals surface area contributed by atoms with Crippen molar-refractivity contribution in [2.24, 2.45) is 0 Å². The Bertz CT molecular complexity index is 1050. The van der Waals surface area contributed by atoms with E-state index in [4.69, 9.17) is 12.6 Å². The number of hydrogen-bond acceptors (Lipinski definition) is 2. The smallest absolute Gasteiger partial charge is 0.0362 e. The van der Waals surface area contributed by atoms with Gasteiger partial charge in [-0.3, -0.25) is 0 Å². The molecule has 0 N–H and O–H groups in total. The average molecular weight is 335 g/mol. The number of fused-ring (bicyclic) bond motifs is 3. The van der Waals surface area contributed by atoms with Crippen LogP contribution in [0.2, 0.25) is 0 Å². The van der Waals surface area contributed by atoms with Crippen LogP contribution < -0.4 is 0 Å². The van der Waals surface area contributed by atoms with Crippen molar-refractivity contribution >= 4 is 44.1 Å². The number of aryl methyl sites for hydroxylation is 3. The minimum atomic E-state index is 1.05. The fourth-order valence-corrected chi connectivity index (χ4v) is 4.79. The van der Waals surface area contributed by atoms with Crippen LogP contribution in [0.15, 0.2) is 53.4 Å². The summed E-state index contributed by atoms with van der Waals surface area (Å²) in [5.41, 5.74) is 6.41. The monoisotopic (exact) mass is 334 g/mol. The molecule has 0 amide bonds. The SMILES string of the molecule is Cc1ccc(-c2cc3sc4cc(C)ccc4c3cc2S)c(C)c1. The molecular formula is C21H18S2. The molecule has 114 valence electrons. The van der Waals surface area contributed by atoms with E-state index in [0.717, 1.165) is 4.90 Å². The summed E-state index contributed by atoms with van der Waals surface area (Å²) < 4.78 is 2.68. The van der Waals surface area contributed by atoms with Crippen LogP contribution in [-0.4, -0.2) is 0 Å². The molecule has 4 aromatic rings. The Morgan fingerprint density at radius 1 is 0.696 bits per heavy atom. The van der Waals surface area contributed by atoms with Gasteiger partial charge in [-0.05, 0) is 61.2 Å². The third-order valence-corrected chi connectivity index (χ3v) is 5.90. The first-order valence-corrected chi connectivity index (χ1v) is 9.03. The van der Waals surface area contributed by atoms with Crippen LogP contribution in [0.4, 0.5) is 0 Å². The van der Waals surface area contributed by atoms with Gasteiger partial charge in [-0.2, -0.15) is 0 Å². The van der Waals surface area contributed by atoms with Crippen molar-refractivity contribution in [1.29, 1.82) is 0 Å². The highest BCUT2D eigenvalue weighted by Gasteiger charge is 2.11. The molecule has 0 saturated heterocycles. The Morgan fingerprint density at radius 2 is 1.39 bits per heavy atom. The molecule has 0 aliphatic carbocycles. The molecule has 0 unspecified atom stereocenters. The molecule has 1 aromatic heterocycles. The van der Waals surface area contributed by atoms with E-state index in [0.29, 0.717) is 0 Å². The van der Waals surface area contributed by atoms with Gasteiger partial charge in [0, 0.05) is 25.1 Å². The van der Waals surface area contributed by atoms with Gasteiger partial charge < -0.3 is 0 Å². The van der Waals surface area contributed by atoms with Crippen LogP contribution in [0, 0.1) is 20.8 Å². The van der Waals surface area contributed by atoms with Crippen LogP contribution in [0.25, 0.3) is 31.3 Å². The van der Waals surface area contributed by atoms with Crippen molar-refractivity contribution in [1.82, 2.24) is 0 Å². The van der Waals surface area contributed by atoms with Crippen LogP contribution in [0.3, 0.4) is 0 Å². The van der Waals surface area contributed by atoms with Gasteiger partial charge in [0.25, 0.3) is 0 Å². The number of hydrogen-bond donors (Lipinski definition) is 1. The molecular weight excluding hydrogens is 316 g/mol. The summed E-state index contributed by atoms with van der Waals surface area (Å²) in [6.45, 7) is 6.46. The second-order valence-corrected chi connectivity index (χ2v) is 7.85. The van der Waals surface area contributed by atoms with Gasteiger partial charge in [0.15, 0.2) is 0 Å². The molecule has 0 nitrogen and oxygen atoms in total. The molecule has 0 atom stereocenters. The summed E-state index contributed by atoms with van der Waals surface area (Å²) in [6, 6.07) is 17.8. The van der Waals surface area contributed by atoms with Gasteiger partial charge in [-0.25, -0.2) is 0 Å². The van der Waals surface area contributed by atoms with E-state index in [9.17, 15) is 0 Å². The van der Waals surface area contributed by atoms with E-state index < -0.39 is 0 Å². The molecule has 3 aromatic carbocycles. The van der Waals surface area contributed by atoms with E-state index in [2.05, 4.69) is 69.3 Å². The highest BCUT2D eigenvalue weighted by Crippen LogP contribution is 2.40. The summed E-state index contributed by atoms with van der Waals surface area (Å²) in [4.78, 5) is 1.05. The molecule has 4 rings (SSSR count). The molecule has 2 heteroatoms. The minimum absolute atomic E-state index is 1.05. The van der Waals surface area contributed by atoms with Crippen LogP contribution >= 0.6 is 24.0 Å². The Kier molecular flexibility index (Phi) is 3.47. The van der Waals surface area contributed by atoms with Crippen molar-refractivity contribution in [2.75, 3.05) is 0 Å². The first kappa shape index (κ1) is 14.8. The highest BCUT2D eigenvalue weighted by atomic mass is 32.1. The molecule has 1 heterocycles. The number of thiol groups is 1. The summed E-state index contributed by atoms with van der Waals surface area (Å²) in [5, 5.41) is 2.64. The molecule has 0 aliphatic rings. The molecule has 0 bridgehead atoms. The molecule has 0 aliphatic heterocycles. The number of thiophene rings is 1. The quantitative estimate of drug-likeness (QED) is 0.358. The predicted molar refractivity (Wildman–Crippen MR) is 106 cm³/mol. The zero-order valence-corrected chi connectivity index (χ0v) is 15.2. The molecule has 0 saturated carbocycles. The van der Waals surface area contributed by atoms with E-state index in [1.165, 1.54) is 48.0 Å². The zero-order chi connectivity index (χ0) is 16.1. The molecule has 0 radical (unpaired) electrons. The molecule has 23 heavy (non-hydrogen) atoms. The van der Waals surface area contributed by atoms with Gasteiger partial charge in [0.2, 0.25) is 0 Å². The summed E-state index contributed by atoms with van der Waals surface area (Å²) in [5.74, 6) is 0. The maximum absolute atomic E-state index is 4.78. The van der Waals surface area contributed by atoms with Crippen LogP contribution in [0.1, 0.15) is 16.7 Å². The van der Waals surface area contributed by atoms with Gasteiger partial charge in [-0.15, -0.1) is 24.0 Å². The first-order chi connectivity index (χ1) is 11.0. The van der Waals surface area contributed by atoms with Gasteiger partial charge in [0.05, 0.1) is 0 Å². The zero-order valence-electron chi connectivity index (χ0n) is 13.5. The number of rotatable bonds is 1. The lowest BCUT2D eigenvalue weighted by atomic mass is 9.97. The van der Waals surface area contributed by atoms with E-state index in [-0.39, 0.29) is 0 Å². The van der Waals surface area contributed by atoms with Crippen molar-refractivity contribution in [3.63, 3.8) is 0 Å². The third-order valence-electron chi connectivity index (χ3n) is 4.42. The normalized spacial score (nSPS) is 11.5. The lowest BCUT2D eigenvalue weighted by Gasteiger charge is -2.10. The van der Waals surface area contributed by atoms with Crippen molar-refractivity contribution in [3.8, 4) is 11.1 Å². The van der Waals surface area contributed by atoms with E-state index in [1.54, 1.807) is 0 Å². The average Bonchev–Trinajstić information content (AvgIpc) is 2.83.